The van der Waals surface area contributed by atoms with Gasteiger partial charge in [-0.1, -0.05) is 50.2 Å². The second kappa shape index (κ2) is 6.82. The van der Waals surface area contributed by atoms with Crippen LogP contribution in [0.4, 0.5) is 0 Å². The zero-order valence-electron chi connectivity index (χ0n) is 12.7. The van der Waals surface area contributed by atoms with E-state index in [0.717, 1.165) is 24.0 Å². The summed E-state index contributed by atoms with van der Waals surface area (Å²) in [5, 5.41) is 0. The van der Waals surface area contributed by atoms with E-state index >= 15 is 0 Å². The van der Waals surface area contributed by atoms with Crippen molar-refractivity contribution in [3.05, 3.63) is 59.7 Å². The van der Waals surface area contributed by atoms with E-state index in [1.807, 2.05) is 62.4 Å². The fourth-order valence-corrected chi connectivity index (χ4v) is 3.25. The Bertz CT molecular complexity index is 598. The van der Waals surface area contributed by atoms with Crippen molar-refractivity contribution in [2.75, 3.05) is 6.66 Å². The Labute approximate surface area is 126 Å². The molecule has 0 saturated heterocycles. The molecule has 0 bridgehead atoms. The monoisotopic (exact) mass is 304 g/mol. The number of aryl methyl sites for hydroxylation is 2. The Morgan fingerprint density at radius 1 is 0.810 bits per heavy atom. The molecule has 0 atom stereocenters. The Kier molecular flexibility index (Phi) is 5.08. The number of benzene rings is 2. The fraction of sp³-hybridized carbons (Fsp3) is 0.294. The Morgan fingerprint density at radius 3 is 1.57 bits per heavy atom. The van der Waals surface area contributed by atoms with Crippen LogP contribution in [0, 0.1) is 0 Å². The molecule has 2 aromatic rings. The lowest BCUT2D eigenvalue weighted by Gasteiger charge is -2.19. The minimum absolute atomic E-state index is 0.625. The lowest BCUT2D eigenvalue weighted by molar-refractivity contribution is 0.390. The predicted octanol–water partition coefficient (Wildman–Crippen LogP) is 5.09. The van der Waals surface area contributed by atoms with Gasteiger partial charge in [-0.05, 0) is 36.1 Å². The molecule has 0 heterocycles. The highest BCUT2D eigenvalue weighted by molar-refractivity contribution is 7.53. The van der Waals surface area contributed by atoms with E-state index in [1.54, 1.807) is 0 Å². The molecule has 0 saturated carbocycles. The number of rotatable bonds is 6. The third-order valence-corrected chi connectivity index (χ3v) is 4.29. The lowest BCUT2D eigenvalue weighted by Crippen LogP contribution is -2.02. The first kappa shape index (κ1) is 15.7. The summed E-state index contributed by atoms with van der Waals surface area (Å²) in [6.45, 7) is 5.58. The summed E-state index contributed by atoms with van der Waals surface area (Å²) < 4.78 is 24.0. The van der Waals surface area contributed by atoms with Crippen molar-refractivity contribution in [2.24, 2.45) is 0 Å². The van der Waals surface area contributed by atoms with Crippen LogP contribution >= 0.6 is 7.60 Å². The zero-order valence-corrected chi connectivity index (χ0v) is 13.6. The second-order valence-electron chi connectivity index (χ2n) is 4.88. The van der Waals surface area contributed by atoms with Gasteiger partial charge < -0.3 is 9.05 Å². The van der Waals surface area contributed by atoms with Crippen LogP contribution in [0.5, 0.6) is 11.5 Å². The first-order chi connectivity index (χ1) is 10.1. The van der Waals surface area contributed by atoms with Gasteiger partial charge in [0.25, 0.3) is 0 Å². The molecule has 112 valence electrons. The molecule has 0 radical (unpaired) electrons. The standard InChI is InChI=1S/C17H21O3P/c1-4-14-10-6-8-12-16(14)19-21(3,18)20-17-13-9-7-11-15(17)5-2/h6-13H,4-5H2,1-3H3. The molecular weight excluding hydrogens is 283 g/mol. The maximum atomic E-state index is 12.6. The molecule has 0 amide bonds. The molecule has 2 rings (SSSR count). The quantitative estimate of drug-likeness (QED) is 0.697. The smallest absolute Gasteiger partial charge is 0.416 e. The van der Waals surface area contributed by atoms with Crippen LogP contribution in [-0.2, 0) is 17.4 Å². The molecule has 0 aliphatic heterocycles. The summed E-state index contributed by atoms with van der Waals surface area (Å²) in [6.07, 6.45) is 1.64. The number of hydrogen-bond acceptors (Lipinski definition) is 3. The van der Waals surface area contributed by atoms with Gasteiger partial charge in [-0.25, -0.2) is 4.57 Å². The number of hydrogen-bond donors (Lipinski definition) is 0. The van der Waals surface area contributed by atoms with Crippen LogP contribution in [-0.4, -0.2) is 6.66 Å². The van der Waals surface area contributed by atoms with Gasteiger partial charge in [0.05, 0.1) is 6.66 Å². The molecular formula is C17H21O3P. The predicted molar refractivity (Wildman–Crippen MR) is 86.4 cm³/mol. The van der Waals surface area contributed by atoms with Gasteiger partial charge >= 0.3 is 7.60 Å². The highest BCUT2D eigenvalue weighted by Crippen LogP contribution is 2.46. The highest BCUT2D eigenvalue weighted by atomic mass is 31.2. The van der Waals surface area contributed by atoms with Gasteiger partial charge in [-0.15, -0.1) is 0 Å². The van der Waals surface area contributed by atoms with E-state index in [0.29, 0.717) is 11.5 Å². The van der Waals surface area contributed by atoms with E-state index < -0.39 is 7.60 Å². The van der Waals surface area contributed by atoms with Crippen LogP contribution in [0.3, 0.4) is 0 Å². The second-order valence-corrected chi connectivity index (χ2v) is 6.78. The van der Waals surface area contributed by atoms with Gasteiger partial charge in [-0.2, -0.15) is 0 Å². The first-order valence-electron chi connectivity index (χ1n) is 7.18. The molecule has 0 aliphatic carbocycles. The van der Waals surface area contributed by atoms with Crippen molar-refractivity contribution in [3.63, 3.8) is 0 Å². The average molecular weight is 304 g/mol. The topological polar surface area (TPSA) is 35.5 Å². The third kappa shape index (κ3) is 4.12. The molecule has 0 aromatic heterocycles. The van der Waals surface area contributed by atoms with Crippen molar-refractivity contribution in [3.8, 4) is 11.5 Å². The van der Waals surface area contributed by atoms with Gasteiger partial charge in [0, 0.05) is 0 Å². The largest absolute Gasteiger partial charge is 0.427 e. The van der Waals surface area contributed by atoms with Gasteiger partial charge in [0.1, 0.15) is 11.5 Å². The van der Waals surface area contributed by atoms with Crippen LogP contribution in [0.2, 0.25) is 0 Å². The summed E-state index contributed by atoms with van der Waals surface area (Å²) in [6, 6.07) is 15.2. The van der Waals surface area contributed by atoms with E-state index in [2.05, 4.69) is 0 Å². The molecule has 0 N–H and O–H groups in total. The Hall–Kier alpha value is -1.73. The Morgan fingerprint density at radius 2 is 1.19 bits per heavy atom. The fourth-order valence-electron chi connectivity index (χ4n) is 2.15. The summed E-state index contributed by atoms with van der Waals surface area (Å²) in [4.78, 5) is 0. The average Bonchev–Trinajstić information content (AvgIpc) is 2.47. The maximum Gasteiger partial charge on any atom is 0.427 e. The van der Waals surface area contributed by atoms with Crippen LogP contribution in [0.15, 0.2) is 48.5 Å². The summed E-state index contributed by atoms with van der Waals surface area (Å²) in [7, 11) is -3.22. The molecule has 0 spiro atoms. The van der Waals surface area contributed by atoms with Crippen LogP contribution in [0.25, 0.3) is 0 Å². The van der Waals surface area contributed by atoms with Crippen molar-refractivity contribution >= 4 is 7.60 Å². The van der Waals surface area contributed by atoms with E-state index in [-0.39, 0.29) is 0 Å². The van der Waals surface area contributed by atoms with Gasteiger partial charge in [0.15, 0.2) is 0 Å². The Balaban J connectivity index is 2.20. The molecule has 3 nitrogen and oxygen atoms in total. The van der Waals surface area contributed by atoms with Crippen LogP contribution < -0.4 is 9.05 Å². The van der Waals surface area contributed by atoms with Gasteiger partial charge in [-0.3, -0.25) is 0 Å². The van der Waals surface area contributed by atoms with Crippen molar-refractivity contribution in [2.45, 2.75) is 26.7 Å². The van der Waals surface area contributed by atoms with Crippen molar-refractivity contribution < 1.29 is 13.6 Å². The highest BCUT2D eigenvalue weighted by Gasteiger charge is 2.22. The normalized spacial score (nSPS) is 11.2. The first-order valence-corrected chi connectivity index (χ1v) is 9.17. The van der Waals surface area contributed by atoms with E-state index in [4.69, 9.17) is 9.05 Å². The van der Waals surface area contributed by atoms with Crippen molar-refractivity contribution in [1.29, 1.82) is 0 Å². The van der Waals surface area contributed by atoms with Gasteiger partial charge in [0.2, 0.25) is 0 Å². The SMILES string of the molecule is CCc1ccccc1OP(C)(=O)Oc1ccccc1CC. The lowest BCUT2D eigenvalue weighted by atomic mass is 10.1. The maximum absolute atomic E-state index is 12.6. The van der Waals surface area contributed by atoms with E-state index in [9.17, 15) is 4.57 Å². The molecule has 0 fully saturated rings. The molecule has 21 heavy (non-hydrogen) atoms. The minimum atomic E-state index is -3.22. The minimum Gasteiger partial charge on any atom is -0.416 e. The molecule has 0 aliphatic rings. The van der Waals surface area contributed by atoms with Crippen LogP contribution in [0.1, 0.15) is 25.0 Å². The van der Waals surface area contributed by atoms with E-state index in [1.165, 1.54) is 6.66 Å². The number of para-hydroxylation sites is 2. The summed E-state index contributed by atoms with van der Waals surface area (Å²) in [5.41, 5.74) is 2.04. The third-order valence-electron chi connectivity index (χ3n) is 3.24. The molecule has 2 aromatic carbocycles. The zero-order chi connectivity index (χ0) is 15.3. The van der Waals surface area contributed by atoms with Crippen molar-refractivity contribution in [1.82, 2.24) is 0 Å². The molecule has 0 unspecified atom stereocenters. The molecule has 4 heteroatoms. The summed E-state index contributed by atoms with van der Waals surface area (Å²) in [5.74, 6) is 1.25. The summed E-state index contributed by atoms with van der Waals surface area (Å²) >= 11 is 0.